The van der Waals surface area contributed by atoms with Crippen LogP contribution in [0.15, 0.2) is 22.6 Å². The summed E-state index contributed by atoms with van der Waals surface area (Å²) in [7, 11) is 0. The first-order chi connectivity index (χ1) is 8.90. The molecule has 1 atom stereocenters. The molecule has 104 valence electrons. The van der Waals surface area contributed by atoms with E-state index in [1.54, 1.807) is 0 Å². The van der Waals surface area contributed by atoms with Crippen LogP contribution < -0.4 is 5.32 Å². The molecule has 0 spiro atoms. The Morgan fingerprint density at radius 2 is 2.11 bits per heavy atom. The lowest BCUT2D eigenvalue weighted by molar-refractivity contribution is -0.137. The number of likely N-dealkylation sites (N-methyl/N-ethyl adjacent to an activating group) is 1. The molecule has 0 radical (unpaired) electrons. The molecule has 1 N–H and O–H groups in total. The first kappa shape index (κ1) is 13.9. The fourth-order valence-corrected chi connectivity index (χ4v) is 1.92. The maximum atomic E-state index is 12.6. The van der Waals surface area contributed by atoms with Crippen molar-refractivity contribution in [3.05, 3.63) is 29.7 Å². The number of halogens is 3. The van der Waals surface area contributed by atoms with Crippen molar-refractivity contribution >= 4 is 11.1 Å². The number of aromatic nitrogens is 1. The van der Waals surface area contributed by atoms with Gasteiger partial charge in [0.15, 0.2) is 11.5 Å². The smallest absolute Gasteiger partial charge is 0.416 e. The van der Waals surface area contributed by atoms with E-state index in [4.69, 9.17) is 4.42 Å². The molecule has 0 aliphatic heterocycles. The molecule has 1 unspecified atom stereocenters. The minimum absolute atomic E-state index is 0.167. The normalized spacial score (nSPS) is 13.9. The summed E-state index contributed by atoms with van der Waals surface area (Å²) in [6, 6.07) is 3.50. The number of nitrogens with zero attached hydrogens (tertiary/aromatic N) is 1. The Morgan fingerprint density at radius 1 is 1.37 bits per heavy atom. The summed E-state index contributed by atoms with van der Waals surface area (Å²) < 4.78 is 43.1. The average molecular weight is 272 g/mol. The second-order valence-electron chi connectivity index (χ2n) is 4.45. The summed E-state index contributed by atoms with van der Waals surface area (Å²) in [6.07, 6.45) is -3.81. The molecule has 19 heavy (non-hydrogen) atoms. The molecule has 0 aliphatic rings. The molecule has 0 saturated heterocycles. The van der Waals surface area contributed by atoms with Crippen LogP contribution in [0.4, 0.5) is 13.2 Å². The average Bonchev–Trinajstić information content (AvgIpc) is 2.68. The molecule has 2 aromatic rings. The van der Waals surface area contributed by atoms with Crippen molar-refractivity contribution in [1.29, 1.82) is 0 Å². The summed E-state index contributed by atoms with van der Waals surface area (Å²) >= 11 is 0. The molecule has 0 fully saturated rings. The van der Waals surface area contributed by atoms with E-state index in [0.717, 1.165) is 18.7 Å². The quantitative estimate of drug-likeness (QED) is 0.927. The number of rotatable bonds is 4. The van der Waals surface area contributed by atoms with Crippen molar-refractivity contribution in [3.8, 4) is 0 Å². The van der Waals surface area contributed by atoms with Gasteiger partial charge in [0.2, 0.25) is 0 Å². The summed E-state index contributed by atoms with van der Waals surface area (Å²) in [5.74, 6) is 0.447. The maximum Gasteiger partial charge on any atom is 0.416 e. The van der Waals surface area contributed by atoms with Crippen molar-refractivity contribution in [3.63, 3.8) is 0 Å². The Morgan fingerprint density at radius 3 is 2.74 bits per heavy atom. The Balaban J connectivity index is 2.26. The van der Waals surface area contributed by atoms with Crippen LogP contribution in [0.2, 0.25) is 0 Å². The van der Waals surface area contributed by atoms with Gasteiger partial charge in [-0.15, -0.1) is 0 Å². The molecule has 1 aromatic heterocycles. The number of hydrogen-bond donors (Lipinski definition) is 1. The van der Waals surface area contributed by atoms with Gasteiger partial charge in [0.25, 0.3) is 0 Å². The number of benzene rings is 1. The summed E-state index contributed by atoms with van der Waals surface area (Å²) in [5.41, 5.74) is -0.0835. The van der Waals surface area contributed by atoms with Gasteiger partial charge in [-0.2, -0.15) is 13.2 Å². The molecule has 0 amide bonds. The van der Waals surface area contributed by atoms with Gasteiger partial charge >= 0.3 is 6.18 Å². The lowest BCUT2D eigenvalue weighted by atomic mass is 10.2. The third-order valence-corrected chi connectivity index (χ3v) is 2.79. The zero-order chi connectivity index (χ0) is 14.0. The maximum absolute atomic E-state index is 12.6. The number of oxazole rings is 1. The van der Waals surface area contributed by atoms with Crippen molar-refractivity contribution in [2.24, 2.45) is 0 Å². The second-order valence-corrected chi connectivity index (χ2v) is 4.45. The minimum atomic E-state index is -4.36. The Bertz CT molecular complexity index is 563. The van der Waals surface area contributed by atoms with Crippen LogP contribution in [0.5, 0.6) is 0 Å². The van der Waals surface area contributed by atoms with Crippen LogP contribution in [-0.2, 0) is 12.6 Å². The molecule has 1 aromatic carbocycles. The van der Waals surface area contributed by atoms with E-state index >= 15 is 0 Å². The fraction of sp³-hybridized carbons (Fsp3) is 0.462. The number of fused-ring (bicyclic) bond motifs is 1. The van der Waals surface area contributed by atoms with Gasteiger partial charge in [-0.1, -0.05) is 6.92 Å². The van der Waals surface area contributed by atoms with Crippen LogP contribution in [-0.4, -0.2) is 17.6 Å². The van der Waals surface area contributed by atoms with Gasteiger partial charge in [-0.3, -0.25) is 0 Å². The van der Waals surface area contributed by atoms with Crippen LogP contribution in [0.1, 0.15) is 25.3 Å². The number of nitrogens with one attached hydrogen (secondary N) is 1. The third-order valence-electron chi connectivity index (χ3n) is 2.79. The second kappa shape index (κ2) is 5.21. The number of hydrogen-bond acceptors (Lipinski definition) is 3. The zero-order valence-corrected chi connectivity index (χ0v) is 10.7. The van der Waals surface area contributed by atoms with Crippen LogP contribution >= 0.6 is 0 Å². The van der Waals surface area contributed by atoms with Gasteiger partial charge in [-0.25, -0.2) is 4.98 Å². The topological polar surface area (TPSA) is 38.1 Å². The first-order valence-corrected chi connectivity index (χ1v) is 6.10. The van der Waals surface area contributed by atoms with Gasteiger partial charge < -0.3 is 9.73 Å². The fourth-order valence-electron chi connectivity index (χ4n) is 1.92. The zero-order valence-electron chi connectivity index (χ0n) is 10.7. The van der Waals surface area contributed by atoms with Crippen LogP contribution in [0, 0.1) is 0 Å². The van der Waals surface area contributed by atoms with Crippen molar-refractivity contribution in [2.75, 3.05) is 6.54 Å². The molecule has 1 heterocycles. The third kappa shape index (κ3) is 3.26. The molecule has 3 nitrogen and oxygen atoms in total. The SMILES string of the molecule is CCNC(C)Cc1nc2cc(C(F)(F)F)ccc2o1. The minimum Gasteiger partial charge on any atom is -0.441 e. The predicted molar refractivity (Wildman–Crippen MR) is 65.9 cm³/mol. The Hall–Kier alpha value is -1.56. The van der Waals surface area contributed by atoms with Gasteiger partial charge in [0.1, 0.15) is 5.52 Å². The summed E-state index contributed by atoms with van der Waals surface area (Å²) in [5, 5.41) is 3.19. The molecule has 6 heteroatoms. The highest BCUT2D eigenvalue weighted by Crippen LogP contribution is 2.31. The largest absolute Gasteiger partial charge is 0.441 e. The van der Waals surface area contributed by atoms with Crippen molar-refractivity contribution in [2.45, 2.75) is 32.5 Å². The van der Waals surface area contributed by atoms with Gasteiger partial charge in [-0.05, 0) is 31.7 Å². The molecular formula is C13H15F3N2O. The van der Waals surface area contributed by atoms with E-state index in [0.29, 0.717) is 17.9 Å². The first-order valence-electron chi connectivity index (χ1n) is 6.10. The van der Waals surface area contributed by atoms with E-state index in [1.807, 2.05) is 13.8 Å². The van der Waals surface area contributed by atoms with Crippen LogP contribution in [0.25, 0.3) is 11.1 Å². The lowest BCUT2D eigenvalue weighted by Crippen LogP contribution is -2.27. The predicted octanol–water partition coefficient (Wildman–Crippen LogP) is 3.39. The van der Waals surface area contributed by atoms with Gasteiger partial charge in [0.05, 0.1) is 5.56 Å². The molecule has 2 rings (SSSR count). The van der Waals surface area contributed by atoms with E-state index in [1.165, 1.54) is 6.07 Å². The van der Waals surface area contributed by atoms with Crippen molar-refractivity contribution in [1.82, 2.24) is 10.3 Å². The molecule has 0 aliphatic carbocycles. The summed E-state index contributed by atoms with van der Waals surface area (Å²) in [6.45, 7) is 4.78. The van der Waals surface area contributed by atoms with Crippen molar-refractivity contribution < 1.29 is 17.6 Å². The monoisotopic (exact) mass is 272 g/mol. The standard InChI is InChI=1S/C13H15F3N2O/c1-3-17-8(2)6-12-18-10-7-9(13(14,15)16)4-5-11(10)19-12/h4-5,7-8,17H,3,6H2,1-2H3. The van der Waals surface area contributed by atoms with E-state index in [-0.39, 0.29) is 11.6 Å². The van der Waals surface area contributed by atoms with Gasteiger partial charge in [0, 0.05) is 12.5 Å². The molecular weight excluding hydrogens is 257 g/mol. The van der Waals surface area contributed by atoms with E-state index in [9.17, 15) is 13.2 Å². The highest BCUT2D eigenvalue weighted by molar-refractivity contribution is 5.73. The Labute approximate surface area is 108 Å². The highest BCUT2D eigenvalue weighted by atomic mass is 19.4. The van der Waals surface area contributed by atoms with E-state index in [2.05, 4.69) is 10.3 Å². The highest BCUT2D eigenvalue weighted by Gasteiger charge is 2.31. The molecule has 0 saturated carbocycles. The van der Waals surface area contributed by atoms with E-state index < -0.39 is 11.7 Å². The number of alkyl halides is 3. The molecule has 0 bridgehead atoms. The lowest BCUT2D eigenvalue weighted by Gasteiger charge is -2.08. The Kier molecular flexibility index (Phi) is 3.80. The van der Waals surface area contributed by atoms with Crippen LogP contribution in [0.3, 0.4) is 0 Å². The summed E-state index contributed by atoms with van der Waals surface area (Å²) in [4.78, 5) is 4.10.